The van der Waals surface area contributed by atoms with E-state index in [1.54, 1.807) is 13.0 Å². The second-order valence-corrected chi connectivity index (χ2v) is 5.00. The predicted molar refractivity (Wildman–Crippen MR) is 87.9 cm³/mol. The van der Waals surface area contributed by atoms with E-state index in [1.807, 2.05) is 6.92 Å². The normalized spacial score (nSPS) is 11.2. The molecular formula is C16H18N2O5. The molecule has 0 aliphatic heterocycles. The van der Waals surface area contributed by atoms with Crippen molar-refractivity contribution in [1.82, 2.24) is 4.57 Å². The number of allylic oxidation sites excluding steroid dienone is 1. The van der Waals surface area contributed by atoms with Gasteiger partial charge in [-0.2, -0.15) is 0 Å². The number of nitro groups is 1. The van der Waals surface area contributed by atoms with Gasteiger partial charge >= 0.3 is 5.56 Å². The predicted octanol–water partition coefficient (Wildman–Crippen LogP) is 3.28. The molecule has 0 unspecified atom stereocenters. The van der Waals surface area contributed by atoms with Crippen molar-refractivity contribution >= 4 is 22.8 Å². The van der Waals surface area contributed by atoms with Gasteiger partial charge in [0.25, 0.3) is 5.69 Å². The van der Waals surface area contributed by atoms with E-state index < -0.39 is 10.5 Å². The number of hydrogen-bond acceptors (Lipinski definition) is 5. The number of aromatic nitrogens is 1. The van der Waals surface area contributed by atoms with Crippen molar-refractivity contribution in [3.05, 3.63) is 44.7 Å². The Morgan fingerprint density at radius 3 is 2.78 bits per heavy atom. The third-order valence-electron chi connectivity index (χ3n) is 3.38. The average Bonchev–Trinajstić information content (AvgIpc) is 2.54. The zero-order chi connectivity index (χ0) is 17.0. The van der Waals surface area contributed by atoms with Gasteiger partial charge in [0.1, 0.15) is 0 Å². The fourth-order valence-electron chi connectivity index (χ4n) is 2.22. The first-order chi connectivity index (χ1) is 11.0. The zero-order valence-corrected chi connectivity index (χ0v) is 13.0. The highest BCUT2D eigenvalue weighted by Crippen LogP contribution is 2.33. The van der Waals surface area contributed by atoms with E-state index in [0.717, 1.165) is 12.8 Å². The van der Waals surface area contributed by atoms with E-state index in [0.29, 0.717) is 12.0 Å². The number of unbranched alkanes of at least 4 members (excludes halogenated alkanes) is 1. The highest BCUT2D eigenvalue weighted by molar-refractivity contribution is 5.90. The van der Waals surface area contributed by atoms with Crippen LogP contribution in [0.2, 0.25) is 0 Å². The van der Waals surface area contributed by atoms with Gasteiger partial charge in [0.2, 0.25) is 5.75 Å². The van der Waals surface area contributed by atoms with Crippen LogP contribution in [0.25, 0.3) is 17.1 Å². The largest absolute Gasteiger partial charge is 0.504 e. The molecular weight excluding hydrogens is 300 g/mol. The quantitative estimate of drug-likeness (QED) is 0.501. The van der Waals surface area contributed by atoms with Gasteiger partial charge in [0.15, 0.2) is 5.75 Å². The second kappa shape index (κ2) is 6.95. The highest BCUT2D eigenvalue weighted by atomic mass is 16.6. The molecule has 1 aromatic heterocycles. The number of pyridine rings is 1. The third-order valence-corrected chi connectivity index (χ3v) is 3.38. The Balaban J connectivity index is 2.74. The van der Waals surface area contributed by atoms with Crippen LogP contribution in [0.4, 0.5) is 5.69 Å². The standard InChI is InChI=1S/C16H18N2O5/c1-3-5-9-23-15-14(19)12-7-6-11(18(21)22)10-13(12)17(8-4-2)16(15)20/h4,6-8,10,19H,3,5,9H2,1-2H3/b8-4-. The first-order valence-corrected chi connectivity index (χ1v) is 7.32. The van der Waals surface area contributed by atoms with Crippen molar-refractivity contribution in [2.75, 3.05) is 6.61 Å². The van der Waals surface area contributed by atoms with Crippen LogP contribution >= 0.6 is 0 Å². The zero-order valence-electron chi connectivity index (χ0n) is 13.0. The van der Waals surface area contributed by atoms with E-state index >= 15 is 0 Å². The molecule has 7 heteroatoms. The maximum Gasteiger partial charge on any atom is 0.301 e. The minimum absolute atomic E-state index is 0.141. The molecule has 1 aromatic carbocycles. The minimum Gasteiger partial charge on any atom is -0.504 e. The van der Waals surface area contributed by atoms with Gasteiger partial charge in [-0.05, 0) is 19.4 Å². The molecule has 7 nitrogen and oxygen atoms in total. The highest BCUT2D eigenvalue weighted by Gasteiger charge is 2.19. The summed E-state index contributed by atoms with van der Waals surface area (Å²) in [4.78, 5) is 22.9. The molecule has 122 valence electrons. The molecule has 0 radical (unpaired) electrons. The molecule has 0 saturated carbocycles. The summed E-state index contributed by atoms with van der Waals surface area (Å²) in [5.41, 5.74) is -0.457. The number of hydrogen-bond donors (Lipinski definition) is 1. The summed E-state index contributed by atoms with van der Waals surface area (Å²) in [6, 6.07) is 3.95. The van der Waals surface area contributed by atoms with Crippen molar-refractivity contribution in [3.8, 4) is 11.5 Å². The van der Waals surface area contributed by atoms with E-state index in [9.17, 15) is 20.0 Å². The summed E-state index contributed by atoms with van der Waals surface area (Å²) >= 11 is 0. The SMILES string of the molecule is C/C=C\n1c(=O)c(OCCCC)c(O)c2ccc([N+](=O)[O-])cc21. The summed E-state index contributed by atoms with van der Waals surface area (Å²) in [6.07, 6.45) is 4.76. The third kappa shape index (κ3) is 3.18. The number of nitrogens with zero attached hydrogens (tertiary/aromatic N) is 2. The lowest BCUT2D eigenvalue weighted by Crippen LogP contribution is -2.19. The lowest BCUT2D eigenvalue weighted by molar-refractivity contribution is -0.384. The van der Waals surface area contributed by atoms with Crippen LogP contribution in [0.3, 0.4) is 0 Å². The van der Waals surface area contributed by atoms with Gasteiger partial charge in [-0.25, -0.2) is 0 Å². The van der Waals surface area contributed by atoms with Crippen LogP contribution in [-0.4, -0.2) is 21.2 Å². The van der Waals surface area contributed by atoms with E-state index in [4.69, 9.17) is 4.74 Å². The number of aromatic hydroxyl groups is 1. The van der Waals surface area contributed by atoms with Gasteiger partial charge < -0.3 is 9.84 Å². The molecule has 0 saturated heterocycles. The Kier molecular flexibility index (Phi) is 5.00. The summed E-state index contributed by atoms with van der Waals surface area (Å²) in [7, 11) is 0. The van der Waals surface area contributed by atoms with E-state index in [1.165, 1.54) is 29.0 Å². The van der Waals surface area contributed by atoms with Crippen LogP contribution in [0.1, 0.15) is 26.7 Å². The van der Waals surface area contributed by atoms with Crippen molar-refractivity contribution in [3.63, 3.8) is 0 Å². The monoisotopic (exact) mass is 318 g/mol. The molecule has 2 rings (SSSR count). The van der Waals surface area contributed by atoms with Crippen LogP contribution in [0.5, 0.6) is 11.5 Å². The maximum atomic E-state index is 12.5. The summed E-state index contributed by atoms with van der Waals surface area (Å²) in [5, 5.41) is 21.6. The second-order valence-electron chi connectivity index (χ2n) is 5.00. The van der Waals surface area contributed by atoms with Crippen molar-refractivity contribution in [2.24, 2.45) is 0 Å². The first kappa shape index (κ1) is 16.5. The first-order valence-electron chi connectivity index (χ1n) is 7.32. The van der Waals surface area contributed by atoms with Crippen LogP contribution < -0.4 is 10.3 Å². The van der Waals surface area contributed by atoms with Gasteiger partial charge in [-0.3, -0.25) is 19.5 Å². The Hall–Kier alpha value is -2.83. The molecule has 0 aliphatic rings. The molecule has 0 atom stereocenters. The average molecular weight is 318 g/mol. The van der Waals surface area contributed by atoms with Crippen LogP contribution in [0, 0.1) is 10.1 Å². The molecule has 1 N–H and O–H groups in total. The molecule has 23 heavy (non-hydrogen) atoms. The number of ether oxygens (including phenoxy) is 1. The number of nitro benzene ring substituents is 1. The number of non-ortho nitro benzene ring substituents is 1. The lowest BCUT2D eigenvalue weighted by Gasteiger charge is -2.13. The Morgan fingerprint density at radius 1 is 1.43 bits per heavy atom. The summed E-state index contributed by atoms with van der Waals surface area (Å²) in [6.45, 7) is 4.02. The number of benzene rings is 1. The molecule has 2 aromatic rings. The molecule has 0 aliphatic carbocycles. The van der Waals surface area contributed by atoms with Crippen molar-refractivity contribution < 1.29 is 14.8 Å². The van der Waals surface area contributed by atoms with Crippen molar-refractivity contribution in [2.45, 2.75) is 26.7 Å². The Bertz CT molecular complexity index is 823. The van der Waals surface area contributed by atoms with Gasteiger partial charge in [0, 0.05) is 23.7 Å². The number of rotatable bonds is 6. The molecule has 0 spiro atoms. The molecule has 1 heterocycles. The van der Waals surface area contributed by atoms with Crippen molar-refractivity contribution in [1.29, 1.82) is 0 Å². The number of fused-ring (bicyclic) bond motifs is 1. The summed E-state index contributed by atoms with van der Waals surface area (Å²) in [5.74, 6) is -0.436. The topological polar surface area (TPSA) is 94.6 Å². The van der Waals surface area contributed by atoms with E-state index in [2.05, 4.69) is 0 Å². The molecule has 0 fully saturated rings. The molecule has 0 amide bonds. The van der Waals surface area contributed by atoms with Gasteiger partial charge in [0.05, 0.1) is 17.0 Å². The fourth-order valence-corrected chi connectivity index (χ4v) is 2.22. The maximum absolute atomic E-state index is 12.5. The lowest BCUT2D eigenvalue weighted by atomic mass is 10.1. The Morgan fingerprint density at radius 2 is 2.17 bits per heavy atom. The van der Waals surface area contributed by atoms with Gasteiger partial charge in [-0.1, -0.05) is 19.4 Å². The van der Waals surface area contributed by atoms with Crippen LogP contribution in [-0.2, 0) is 0 Å². The van der Waals surface area contributed by atoms with E-state index in [-0.39, 0.29) is 22.7 Å². The molecule has 0 bridgehead atoms. The summed E-state index contributed by atoms with van der Waals surface area (Å²) < 4.78 is 6.67. The fraction of sp³-hybridized carbons (Fsp3) is 0.312. The smallest absolute Gasteiger partial charge is 0.301 e. The Labute approximate surface area is 132 Å². The van der Waals surface area contributed by atoms with Crippen LogP contribution in [0.15, 0.2) is 29.1 Å². The minimum atomic E-state index is -0.551. The van der Waals surface area contributed by atoms with Gasteiger partial charge in [-0.15, -0.1) is 0 Å².